The van der Waals surface area contributed by atoms with E-state index in [-0.39, 0.29) is 5.57 Å². The fourth-order valence-corrected chi connectivity index (χ4v) is 1.59. The number of halogens is 3. The summed E-state index contributed by atoms with van der Waals surface area (Å²) in [6.07, 6.45) is 0. The van der Waals surface area contributed by atoms with Gasteiger partial charge < -0.3 is 4.74 Å². The van der Waals surface area contributed by atoms with Crippen LogP contribution in [-0.2, 0) is 19.4 Å². The minimum absolute atomic E-state index is 0.0230. The summed E-state index contributed by atoms with van der Waals surface area (Å²) in [4.78, 5) is 11.0. The highest BCUT2D eigenvalue weighted by molar-refractivity contribution is 7.93. The van der Waals surface area contributed by atoms with Crippen LogP contribution >= 0.6 is 0 Å². The molecule has 0 fully saturated rings. The number of rotatable bonds is 4. The van der Waals surface area contributed by atoms with Crippen LogP contribution in [0.5, 0.6) is 0 Å². The second-order valence-electron chi connectivity index (χ2n) is 4.07. The molecule has 0 aliphatic rings. The monoisotopic (exact) mass is 274 g/mol. The van der Waals surface area contributed by atoms with E-state index in [0.717, 1.165) is 13.8 Å². The smallest absolute Gasteiger partial charge is 0.461 e. The molecule has 0 unspecified atom stereocenters. The van der Waals surface area contributed by atoms with E-state index in [0.29, 0.717) is 0 Å². The van der Waals surface area contributed by atoms with Crippen molar-refractivity contribution < 1.29 is 31.1 Å². The van der Waals surface area contributed by atoms with Gasteiger partial charge in [0, 0.05) is 5.57 Å². The van der Waals surface area contributed by atoms with Gasteiger partial charge in [-0.2, -0.15) is 13.2 Å². The number of esters is 1. The predicted molar refractivity (Wildman–Crippen MR) is 54.8 cm³/mol. The van der Waals surface area contributed by atoms with Crippen LogP contribution in [0.15, 0.2) is 12.2 Å². The van der Waals surface area contributed by atoms with Crippen molar-refractivity contribution >= 4 is 15.8 Å². The van der Waals surface area contributed by atoms with Crippen LogP contribution in [0.3, 0.4) is 0 Å². The van der Waals surface area contributed by atoms with Crippen molar-refractivity contribution in [1.82, 2.24) is 0 Å². The Morgan fingerprint density at radius 1 is 1.29 bits per heavy atom. The number of carbonyl (C=O) groups excluding carboxylic acids is 1. The molecular weight excluding hydrogens is 261 g/mol. The molecule has 4 nitrogen and oxygen atoms in total. The third-order valence-electron chi connectivity index (χ3n) is 1.93. The maximum absolute atomic E-state index is 12.3. The second kappa shape index (κ2) is 4.67. The third kappa shape index (κ3) is 3.45. The van der Waals surface area contributed by atoms with Crippen molar-refractivity contribution in [2.24, 2.45) is 0 Å². The quantitative estimate of drug-likeness (QED) is 0.579. The summed E-state index contributed by atoms with van der Waals surface area (Å²) in [6, 6.07) is 0. The molecule has 0 N–H and O–H groups in total. The zero-order valence-corrected chi connectivity index (χ0v) is 10.4. The Morgan fingerprint density at radius 2 is 1.71 bits per heavy atom. The largest absolute Gasteiger partial charge is 0.498 e. The minimum atomic E-state index is -5.40. The standard InChI is InChI=1S/C9H13F3O4S/c1-6(2)7(13)16-5-8(3,4)17(14,15)9(10,11)12/h1,5H2,2-4H3. The van der Waals surface area contributed by atoms with Gasteiger partial charge in [-0.1, -0.05) is 6.58 Å². The SMILES string of the molecule is C=C(C)C(=O)OCC(C)(C)S(=O)(=O)C(F)(F)F. The van der Waals surface area contributed by atoms with Gasteiger partial charge in [-0.25, -0.2) is 13.2 Å². The van der Waals surface area contributed by atoms with Crippen LogP contribution in [0.4, 0.5) is 13.2 Å². The fourth-order valence-electron chi connectivity index (χ4n) is 0.753. The average molecular weight is 274 g/mol. The Hall–Kier alpha value is -1.05. The third-order valence-corrected chi connectivity index (χ3v) is 4.11. The molecule has 0 heterocycles. The van der Waals surface area contributed by atoms with Crippen LogP contribution in [0, 0.1) is 0 Å². The van der Waals surface area contributed by atoms with E-state index >= 15 is 0 Å². The van der Waals surface area contributed by atoms with Gasteiger partial charge >= 0.3 is 11.5 Å². The number of ether oxygens (including phenoxy) is 1. The van der Waals surface area contributed by atoms with Crippen molar-refractivity contribution in [3.63, 3.8) is 0 Å². The molecular formula is C9H13F3O4S. The van der Waals surface area contributed by atoms with Crippen molar-refractivity contribution in [1.29, 1.82) is 0 Å². The average Bonchev–Trinajstić information content (AvgIpc) is 2.11. The number of hydrogen-bond donors (Lipinski definition) is 0. The maximum Gasteiger partial charge on any atom is 0.498 e. The molecule has 0 rings (SSSR count). The second-order valence-corrected chi connectivity index (χ2v) is 6.64. The Morgan fingerprint density at radius 3 is 2.00 bits per heavy atom. The molecule has 0 saturated carbocycles. The van der Waals surface area contributed by atoms with Gasteiger partial charge in [0.15, 0.2) is 0 Å². The van der Waals surface area contributed by atoms with E-state index in [1.54, 1.807) is 0 Å². The lowest BCUT2D eigenvalue weighted by Gasteiger charge is -2.25. The van der Waals surface area contributed by atoms with Gasteiger partial charge in [0.05, 0.1) is 0 Å². The van der Waals surface area contributed by atoms with Crippen LogP contribution in [0.1, 0.15) is 20.8 Å². The number of alkyl halides is 3. The van der Waals surface area contributed by atoms with Gasteiger partial charge in [0.1, 0.15) is 11.4 Å². The Kier molecular flexibility index (Phi) is 4.38. The minimum Gasteiger partial charge on any atom is -0.461 e. The molecule has 0 aromatic carbocycles. The molecule has 0 aromatic heterocycles. The molecule has 0 saturated heterocycles. The zero-order chi connectivity index (χ0) is 14.1. The first kappa shape index (κ1) is 16.0. The summed E-state index contributed by atoms with van der Waals surface area (Å²) in [5.74, 6) is -0.935. The molecule has 0 radical (unpaired) electrons. The van der Waals surface area contributed by atoms with Crippen LogP contribution in [-0.4, -0.2) is 31.2 Å². The van der Waals surface area contributed by atoms with Crippen LogP contribution in [0.25, 0.3) is 0 Å². The summed E-state index contributed by atoms with van der Waals surface area (Å²) < 4.78 is 61.2. The van der Waals surface area contributed by atoms with Crippen molar-refractivity contribution in [3.05, 3.63) is 12.2 Å². The fraction of sp³-hybridized carbons (Fsp3) is 0.667. The Labute approximate surface area is 97.4 Å². The first-order valence-corrected chi connectivity index (χ1v) is 5.95. The molecule has 0 atom stereocenters. The number of hydrogen-bond acceptors (Lipinski definition) is 4. The van der Waals surface area contributed by atoms with E-state index in [1.807, 2.05) is 0 Å². The molecule has 8 heteroatoms. The van der Waals surface area contributed by atoms with Gasteiger partial charge in [0.2, 0.25) is 0 Å². The van der Waals surface area contributed by atoms with Crippen LogP contribution in [0.2, 0.25) is 0 Å². The molecule has 0 aromatic rings. The molecule has 100 valence electrons. The van der Waals surface area contributed by atoms with Gasteiger partial charge in [-0.15, -0.1) is 0 Å². The first-order chi connectivity index (χ1) is 7.33. The Bertz CT molecular complexity index is 420. The molecule has 0 aliphatic carbocycles. The van der Waals surface area contributed by atoms with Gasteiger partial charge in [0.25, 0.3) is 9.84 Å². The summed E-state index contributed by atoms with van der Waals surface area (Å²) in [7, 11) is -5.40. The maximum atomic E-state index is 12.3. The summed E-state index contributed by atoms with van der Waals surface area (Å²) in [5.41, 5.74) is -5.41. The summed E-state index contributed by atoms with van der Waals surface area (Å²) in [5, 5.41) is 0. The number of sulfone groups is 1. The topological polar surface area (TPSA) is 60.4 Å². The van der Waals surface area contributed by atoms with E-state index in [1.165, 1.54) is 6.92 Å². The van der Waals surface area contributed by atoms with E-state index < -0.39 is 32.7 Å². The zero-order valence-electron chi connectivity index (χ0n) is 9.59. The van der Waals surface area contributed by atoms with Crippen LogP contribution < -0.4 is 0 Å². The lowest BCUT2D eigenvalue weighted by atomic mass is 10.2. The lowest BCUT2D eigenvalue weighted by molar-refractivity contribution is -0.139. The molecule has 0 amide bonds. The molecule has 17 heavy (non-hydrogen) atoms. The van der Waals surface area contributed by atoms with E-state index in [9.17, 15) is 26.4 Å². The Balaban J connectivity index is 4.94. The van der Waals surface area contributed by atoms with Crippen molar-refractivity contribution in [3.8, 4) is 0 Å². The summed E-state index contributed by atoms with van der Waals surface area (Å²) >= 11 is 0. The molecule has 0 aliphatic heterocycles. The molecule has 0 bridgehead atoms. The highest BCUT2D eigenvalue weighted by Gasteiger charge is 2.55. The summed E-state index contributed by atoms with van der Waals surface area (Å²) in [6.45, 7) is 5.30. The highest BCUT2D eigenvalue weighted by atomic mass is 32.2. The van der Waals surface area contributed by atoms with Crippen molar-refractivity contribution in [2.45, 2.75) is 31.0 Å². The van der Waals surface area contributed by atoms with E-state index in [4.69, 9.17) is 0 Å². The van der Waals surface area contributed by atoms with Crippen molar-refractivity contribution in [2.75, 3.05) is 6.61 Å². The van der Waals surface area contributed by atoms with E-state index in [2.05, 4.69) is 11.3 Å². The number of carbonyl (C=O) groups is 1. The highest BCUT2D eigenvalue weighted by Crippen LogP contribution is 2.33. The normalized spacial score (nSPS) is 13.3. The lowest BCUT2D eigenvalue weighted by Crippen LogP contribution is -2.45. The predicted octanol–water partition coefficient (Wildman–Crippen LogP) is 1.82. The molecule has 0 spiro atoms. The van der Waals surface area contributed by atoms with Gasteiger partial charge in [-0.3, -0.25) is 0 Å². The first-order valence-electron chi connectivity index (χ1n) is 4.46. The van der Waals surface area contributed by atoms with Gasteiger partial charge in [-0.05, 0) is 20.8 Å².